The maximum atomic E-state index is 11.9. The molecule has 0 saturated carbocycles. The van der Waals surface area contributed by atoms with E-state index in [1.165, 1.54) is 0 Å². The SMILES string of the molecule is O=C(NCCCn1ccnc1)c1ccccc1I. The van der Waals surface area contributed by atoms with E-state index in [0.29, 0.717) is 6.54 Å². The molecule has 1 heterocycles. The minimum absolute atomic E-state index is 0.00867. The van der Waals surface area contributed by atoms with E-state index < -0.39 is 0 Å². The number of imidazole rings is 1. The Balaban J connectivity index is 1.77. The predicted octanol–water partition coefficient (Wildman–Crippen LogP) is 2.31. The van der Waals surface area contributed by atoms with Crippen LogP contribution in [0, 0.1) is 3.57 Å². The lowest BCUT2D eigenvalue weighted by atomic mass is 10.2. The molecule has 0 radical (unpaired) electrons. The Morgan fingerprint density at radius 1 is 1.39 bits per heavy atom. The van der Waals surface area contributed by atoms with Gasteiger partial charge in [0.15, 0.2) is 0 Å². The Hall–Kier alpha value is -1.37. The maximum absolute atomic E-state index is 11.9. The third-order valence-corrected chi connectivity index (χ3v) is 3.50. The molecule has 0 fully saturated rings. The van der Waals surface area contributed by atoms with Crippen LogP contribution in [0.3, 0.4) is 0 Å². The zero-order chi connectivity index (χ0) is 12.8. The van der Waals surface area contributed by atoms with Crippen LogP contribution in [0.25, 0.3) is 0 Å². The number of carbonyl (C=O) groups is 1. The van der Waals surface area contributed by atoms with E-state index in [4.69, 9.17) is 0 Å². The summed E-state index contributed by atoms with van der Waals surface area (Å²) in [5.41, 5.74) is 0.737. The molecule has 5 heteroatoms. The van der Waals surface area contributed by atoms with E-state index >= 15 is 0 Å². The Morgan fingerprint density at radius 3 is 2.94 bits per heavy atom. The van der Waals surface area contributed by atoms with Crippen LogP contribution in [0.5, 0.6) is 0 Å². The lowest BCUT2D eigenvalue weighted by Crippen LogP contribution is -2.25. The second-order valence-corrected chi connectivity index (χ2v) is 5.05. The van der Waals surface area contributed by atoms with Crippen molar-refractivity contribution in [2.24, 2.45) is 0 Å². The molecule has 0 saturated heterocycles. The van der Waals surface area contributed by atoms with Gasteiger partial charge >= 0.3 is 0 Å². The first-order valence-corrected chi connectivity index (χ1v) is 6.84. The highest BCUT2D eigenvalue weighted by Crippen LogP contribution is 2.10. The van der Waals surface area contributed by atoms with E-state index in [-0.39, 0.29) is 5.91 Å². The summed E-state index contributed by atoms with van der Waals surface area (Å²) in [6.07, 6.45) is 6.35. The molecule has 0 aliphatic heterocycles. The number of nitrogens with zero attached hydrogens (tertiary/aromatic N) is 2. The quantitative estimate of drug-likeness (QED) is 0.661. The summed E-state index contributed by atoms with van der Waals surface area (Å²) in [6.45, 7) is 1.54. The van der Waals surface area contributed by atoms with Crippen molar-refractivity contribution >= 4 is 28.5 Å². The molecular weight excluding hydrogens is 341 g/mol. The second kappa shape index (κ2) is 6.53. The van der Waals surface area contributed by atoms with Crippen molar-refractivity contribution in [1.82, 2.24) is 14.9 Å². The molecule has 0 aliphatic carbocycles. The van der Waals surface area contributed by atoms with E-state index in [9.17, 15) is 4.79 Å². The van der Waals surface area contributed by atoms with Crippen LogP contribution >= 0.6 is 22.6 Å². The fraction of sp³-hybridized carbons (Fsp3) is 0.231. The van der Waals surface area contributed by atoms with Gasteiger partial charge < -0.3 is 9.88 Å². The molecule has 94 valence electrons. The molecule has 0 atom stereocenters. The van der Waals surface area contributed by atoms with Crippen molar-refractivity contribution < 1.29 is 4.79 Å². The smallest absolute Gasteiger partial charge is 0.252 e. The first-order chi connectivity index (χ1) is 8.77. The summed E-state index contributed by atoms with van der Waals surface area (Å²) in [5, 5.41) is 2.92. The van der Waals surface area contributed by atoms with Crippen molar-refractivity contribution in [1.29, 1.82) is 0 Å². The van der Waals surface area contributed by atoms with Gasteiger partial charge in [-0.2, -0.15) is 0 Å². The summed E-state index contributed by atoms with van der Waals surface area (Å²) < 4.78 is 2.97. The van der Waals surface area contributed by atoms with Gasteiger partial charge in [-0.25, -0.2) is 4.98 Å². The number of hydrogen-bond acceptors (Lipinski definition) is 2. The molecule has 0 unspecified atom stereocenters. The van der Waals surface area contributed by atoms with Crippen LogP contribution in [0.15, 0.2) is 43.0 Å². The summed E-state index contributed by atoms with van der Waals surface area (Å²) in [5.74, 6) is -0.00867. The molecule has 1 aromatic carbocycles. The number of aromatic nitrogens is 2. The van der Waals surface area contributed by atoms with Gasteiger partial charge in [0.05, 0.1) is 11.9 Å². The molecule has 2 rings (SSSR count). The Labute approximate surface area is 120 Å². The van der Waals surface area contributed by atoms with E-state index in [0.717, 1.165) is 22.1 Å². The number of halogens is 1. The zero-order valence-electron chi connectivity index (χ0n) is 9.84. The topological polar surface area (TPSA) is 46.9 Å². The number of amides is 1. The van der Waals surface area contributed by atoms with Gasteiger partial charge in [-0.15, -0.1) is 0 Å². The minimum atomic E-state index is -0.00867. The highest BCUT2D eigenvalue weighted by atomic mass is 127. The predicted molar refractivity (Wildman–Crippen MR) is 78.3 cm³/mol. The number of hydrogen-bond donors (Lipinski definition) is 1. The van der Waals surface area contributed by atoms with Gasteiger partial charge in [0.1, 0.15) is 0 Å². The van der Waals surface area contributed by atoms with Gasteiger partial charge in [0.25, 0.3) is 5.91 Å². The van der Waals surface area contributed by atoms with Crippen LogP contribution in [0.4, 0.5) is 0 Å². The molecule has 0 aliphatic rings. The molecule has 0 spiro atoms. The molecule has 2 aromatic rings. The van der Waals surface area contributed by atoms with Crippen LogP contribution in [0.2, 0.25) is 0 Å². The number of benzene rings is 1. The van der Waals surface area contributed by atoms with Crippen LogP contribution < -0.4 is 5.32 Å². The van der Waals surface area contributed by atoms with Crippen molar-refractivity contribution in [2.75, 3.05) is 6.54 Å². The molecule has 18 heavy (non-hydrogen) atoms. The third kappa shape index (κ3) is 3.56. The highest BCUT2D eigenvalue weighted by molar-refractivity contribution is 14.1. The fourth-order valence-corrected chi connectivity index (χ4v) is 2.26. The monoisotopic (exact) mass is 355 g/mol. The minimum Gasteiger partial charge on any atom is -0.352 e. The lowest BCUT2D eigenvalue weighted by molar-refractivity contribution is 0.0952. The summed E-state index contributed by atoms with van der Waals surface area (Å²) in [7, 11) is 0. The van der Waals surface area contributed by atoms with Crippen LogP contribution in [-0.4, -0.2) is 22.0 Å². The Kier molecular flexibility index (Phi) is 4.74. The number of rotatable bonds is 5. The van der Waals surface area contributed by atoms with E-state index in [2.05, 4.69) is 32.9 Å². The van der Waals surface area contributed by atoms with Crippen molar-refractivity contribution in [3.8, 4) is 0 Å². The van der Waals surface area contributed by atoms with E-state index in [1.807, 2.05) is 35.0 Å². The maximum Gasteiger partial charge on any atom is 0.252 e. The van der Waals surface area contributed by atoms with Gasteiger partial charge in [-0.1, -0.05) is 12.1 Å². The fourth-order valence-electron chi connectivity index (χ4n) is 1.62. The summed E-state index contributed by atoms with van der Waals surface area (Å²) in [6, 6.07) is 7.58. The summed E-state index contributed by atoms with van der Waals surface area (Å²) >= 11 is 2.17. The molecule has 1 aromatic heterocycles. The van der Waals surface area contributed by atoms with Crippen molar-refractivity contribution in [2.45, 2.75) is 13.0 Å². The number of carbonyl (C=O) groups excluding carboxylic acids is 1. The average Bonchev–Trinajstić information content (AvgIpc) is 2.88. The Morgan fingerprint density at radius 2 is 2.22 bits per heavy atom. The molecule has 0 bridgehead atoms. The summed E-state index contributed by atoms with van der Waals surface area (Å²) in [4.78, 5) is 15.9. The van der Waals surface area contributed by atoms with Crippen LogP contribution in [0.1, 0.15) is 16.8 Å². The zero-order valence-corrected chi connectivity index (χ0v) is 12.0. The number of nitrogens with one attached hydrogen (secondary N) is 1. The molecule has 1 N–H and O–H groups in total. The van der Waals surface area contributed by atoms with Crippen LogP contribution in [-0.2, 0) is 6.54 Å². The molecule has 1 amide bonds. The normalized spacial score (nSPS) is 10.3. The number of aryl methyl sites for hydroxylation is 1. The first kappa shape index (κ1) is 13.1. The highest BCUT2D eigenvalue weighted by Gasteiger charge is 2.07. The van der Waals surface area contributed by atoms with Crippen molar-refractivity contribution in [3.63, 3.8) is 0 Å². The van der Waals surface area contributed by atoms with Gasteiger partial charge in [0, 0.05) is 29.1 Å². The largest absolute Gasteiger partial charge is 0.352 e. The van der Waals surface area contributed by atoms with Gasteiger partial charge in [-0.3, -0.25) is 4.79 Å². The third-order valence-electron chi connectivity index (χ3n) is 2.56. The van der Waals surface area contributed by atoms with Gasteiger partial charge in [0.2, 0.25) is 0 Å². The first-order valence-electron chi connectivity index (χ1n) is 5.76. The standard InChI is InChI=1S/C13H14IN3O/c14-12-5-2-1-4-11(12)13(18)16-6-3-8-17-9-7-15-10-17/h1-2,4-5,7,9-10H,3,6,8H2,(H,16,18). The molecular formula is C13H14IN3O. The Bertz CT molecular complexity index is 511. The average molecular weight is 355 g/mol. The lowest BCUT2D eigenvalue weighted by Gasteiger charge is -2.07. The molecule has 4 nitrogen and oxygen atoms in total. The van der Waals surface area contributed by atoms with Gasteiger partial charge in [-0.05, 0) is 41.1 Å². The van der Waals surface area contributed by atoms with Crippen molar-refractivity contribution in [3.05, 3.63) is 52.1 Å². The second-order valence-electron chi connectivity index (χ2n) is 3.89. The van der Waals surface area contributed by atoms with E-state index in [1.54, 1.807) is 12.5 Å².